The van der Waals surface area contributed by atoms with Crippen molar-refractivity contribution in [1.29, 1.82) is 0 Å². The highest BCUT2D eigenvalue weighted by Gasteiger charge is 2.33. The Bertz CT molecular complexity index is 336. The lowest BCUT2D eigenvalue weighted by atomic mass is 9.95. The average Bonchev–Trinajstić information content (AvgIpc) is 2.15. The standard InChI is InChI=1S/C10H15N3O2/c1-6(2)13-5-7-3-4-8(14)11-9(7)12-10(13)15/h6-7H,3-5H2,1-2H3,(H,11,12,14,15). The van der Waals surface area contributed by atoms with E-state index in [1.807, 2.05) is 13.8 Å². The van der Waals surface area contributed by atoms with Crippen LogP contribution in [0.1, 0.15) is 26.7 Å². The van der Waals surface area contributed by atoms with E-state index in [1.54, 1.807) is 4.90 Å². The molecule has 3 amide bonds. The Morgan fingerprint density at radius 2 is 2.20 bits per heavy atom. The molecule has 0 radical (unpaired) electrons. The van der Waals surface area contributed by atoms with Gasteiger partial charge in [-0.3, -0.25) is 4.79 Å². The van der Waals surface area contributed by atoms with Crippen LogP contribution in [0.5, 0.6) is 0 Å². The highest BCUT2D eigenvalue weighted by molar-refractivity contribution is 6.07. The van der Waals surface area contributed by atoms with Crippen molar-refractivity contribution in [3.63, 3.8) is 0 Å². The molecule has 5 nitrogen and oxygen atoms in total. The second-order valence-electron chi connectivity index (χ2n) is 4.31. The summed E-state index contributed by atoms with van der Waals surface area (Å²) in [6.07, 6.45) is 1.32. The molecule has 0 bridgehead atoms. The van der Waals surface area contributed by atoms with E-state index in [9.17, 15) is 9.59 Å². The summed E-state index contributed by atoms with van der Waals surface area (Å²) < 4.78 is 0. The zero-order valence-electron chi connectivity index (χ0n) is 8.99. The van der Waals surface area contributed by atoms with Crippen LogP contribution in [0.3, 0.4) is 0 Å². The smallest absolute Gasteiger partial charge is 0.320 e. The molecule has 1 saturated heterocycles. The molecule has 5 heteroatoms. The quantitative estimate of drug-likeness (QED) is 0.692. The van der Waals surface area contributed by atoms with E-state index in [0.29, 0.717) is 18.8 Å². The van der Waals surface area contributed by atoms with Crippen LogP contribution in [0.2, 0.25) is 0 Å². The fourth-order valence-electron chi connectivity index (χ4n) is 1.96. The third-order valence-electron chi connectivity index (χ3n) is 2.88. The first-order valence-corrected chi connectivity index (χ1v) is 5.27. The first kappa shape index (κ1) is 10.1. The first-order valence-electron chi connectivity index (χ1n) is 5.27. The SMILES string of the molecule is CC(C)N1CC2CCC(=O)NC2=NC1=O. The number of rotatable bonds is 1. The Morgan fingerprint density at radius 3 is 2.87 bits per heavy atom. The third-order valence-corrected chi connectivity index (χ3v) is 2.88. The molecule has 2 aliphatic heterocycles. The number of amidine groups is 1. The van der Waals surface area contributed by atoms with Gasteiger partial charge in [0, 0.05) is 24.9 Å². The summed E-state index contributed by atoms with van der Waals surface area (Å²) in [5, 5.41) is 2.67. The van der Waals surface area contributed by atoms with Crippen molar-refractivity contribution in [3.8, 4) is 0 Å². The Kier molecular flexibility index (Phi) is 2.46. The zero-order valence-corrected chi connectivity index (χ0v) is 8.99. The summed E-state index contributed by atoms with van der Waals surface area (Å²) >= 11 is 0. The van der Waals surface area contributed by atoms with Crippen molar-refractivity contribution in [3.05, 3.63) is 0 Å². The van der Waals surface area contributed by atoms with Gasteiger partial charge in [0.25, 0.3) is 0 Å². The highest BCUT2D eigenvalue weighted by Crippen LogP contribution is 2.21. The molecular weight excluding hydrogens is 194 g/mol. The number of amides is 3. The zero-order chi connectivity index (χ0) is 11.0. The maximum Gasteiger partial charge on any atom is 0.345 e. The van der Waals surface area contributed by atoms with Crippen LogP contribution in [-0.4, -0.2) is 35.3 Å². The number of carbonyl (C=O) groups excluding carboxylic acids is 2. The number of fused-ring (bicyclic) bond motifs is 1. The fraction of sp³-hybridized carbons (Fsp3) is 0.700. The van der Waals surface area contributed by atoms with Gasteiger partial charge in [-0.05, 0) is 20.3 Å². The van der Waals surface area contributed by atoms with E-state index in [4.69, 9.17) is 0 Å². The molecule has 82 valence electrons. The Hall–Kier alpha value is -1.39. The van der Waals surface area contributed by atoms with Crippen molar-refractivity contribution in [2.24, 2.45) is 10.9 Å². The molecule has 0 aromatic carbocycles. The lowest BCUT2D eigenvalue weighted by Crippen LogP contribution is -2.52. The lowest BCUT2D eigenvalue weighted by Gasteiger charge is -2.35. The van der Waals surface area contributed by atoms with E-state index in [0.717, 1.165) is 6.42 Å². The fourth-order valence-corrected chi connectivity index (χ4v) is 1.96. The molecule has 15 heavy (non-hydrogen) atoms. The van der Waals surface area contributed by atoms with Crippen LogP contribution in [0.25, 0.3) is 0 Å². The molecule has 0 aromatic rings. The lowest BCUT2D eigenvalue weighted by molar-refractivity contribution is -0.120. The van der Waals surface area contributed by atoms with Crippen LogP contribution in [0, 0.1) is 5.92 Å². The van der Waals surface area contributed by atoms with Gasteiger partial charge in [0.1, 0.15) is 5.84 Å². The molecule has 0 saturated carbocycles. The number of hydrogen-bond acceptors (Lipinski definition) is 2. The van der Waals surface area contributed by atoms with Gasteiger partial charge < -0.3 is 10.2 Å². The van der Waals surface area contributed by atoms with E-state index in [2.05, 4.69) is 10.3 Å². The minimum atomic E-state index is -0.238. The summed E-state index contributed by atoms with van der Waals surface area (Å²) in [4.78, 5) is 28.4. The molecule has 0 aromatic heterocycles. The molecule has 1 atom stereocenters. The van der Waals surface area contributed by atoms with Gasteiger partial charge in [-0.15, -0.1) is 0 Å². The van der Waals surface area contributed by atoms with Gasteiger partial charge >= 0.3 is 6.03 Å². The number of hydrogen-bond donors (Lipinski definition) is 1. The van der Waals surface area contributed by atoms with Crippen LogP contribution in [0.15, 0.2) is 4.99 Å². The number of nitrogens with zero attached hydrogens (tertiary/aromatic N) is 2. The minimum absolute atomic E-state index is 0.0317. The predicted octanol–water partition coefficient (Wildman–Crippen LogP) is 0.755. The maximum atomic E-state index is 11.6. The third kappa shape index (κ3) is 1.86. The van der Waals surface area contributed by atoms with E-state index < -0.39 is 0 Å². The first-order chi connectivity index (χ1) is 7.08. The van der Waals surface area contributed by atoms with Crippen LogP contribution >= 0.6 is 0 Å². The van der Waals surface area contributed by atoms with Gasteiger partial charge in [-0.25, -0.2) is 4.79 Å². The van der Waals surface area contributed by atoms with Crippen LogP contribution < -0.4 is 5.32 Å². The molecule has 0 aliphatic carbocycles. The summed E-state index contributed by atoms with van der Waals surface area (Å²) in [6, 6.07) is -0.0705. The molecule has 1 N–H and O–H groups in total. The average molecular weight is 209 g/mol. The van der Waals surface area contributed by atoms with Crippen molar-refractivity contribution >= 4 is 17.8 Å². The van der Waals surface area contributed by atoms with Crippen molar-refractivity contribution in [2.45, 2.75) is 32.7 Å². The summed E-state index contributed by atoms with van der Waals surface area (Å²) in [5.41, 5.74) is 0. The van der Waals surface area contributed by atoms with E-state index >= 15 is 0 Å². The van der Waals surface area contributed by atoms with Crippen molar-refractivity contribution < 1.29 is 9.59 Å². The Balaban J connectivity index is 2.19. The predicted molar refractivity (Wildman–Crippen MR) is 55.5 cm³/mol. The second kappa shape index (κ2) is 3.64. The normalized spacial score (nSPS) is 26.2. The van der Waals surface area contributed by atoms with Crippen molar-refractivity contribution in [2.75, 3.05) is 6.54 Å². The number of piperidine rings is 1. The molecular formula is C10H15N3O2. The Labute approximate surface area is 88.5 Å². The largest absolute Gasteiger partial charge is 0.345 e. The molecule has 0 spiro atoms. The van der Waals surface area contributed by atoms with Crippen LogP contribution in [0.4, 0.5) is 4.79 Å². The van der Waals surface area contributed by atoms with Gasteiger partial charge in [0.15, 0.2) is 0 Å². The maximum absolute atomic E-state index is 11.6. The van der Waals surface area contributed by atoms with Gasteiger partial charge in [0.2, 0.25) is 5.91 Å². The van der Waals surface area contributed by atoms with E-state index in [-0.39, 0.29) is 23.9 Å². The molecule has 1 unspecified atom stereocenters. The number of urea groups is 1. The molecule has 2 heterocycles. The summed E-state index contributed by atoms with van der Waals surface area (Å²) in [5.74, 6) is 0.742. The van der Waals surface area contributed by atoms with Gasteiger partial charge in [0.05, 0.1) is 0 Å². The van der Waals surface area contributed by atoms with Gasteiger partial charge in [-0.2, -0.15) is 4.99 Å². The molecule has 1 fully saturated rings. The number of nitrogens with one attached hydrogen (secondary N) is 1. The van der Waals surface area contributed by atoms with Crippen LogP contribution in [-0.2, 0) is 4.79 Å². The number of carbonyl (C=O) groups is 2. The van der Waals surface area contributed by atoms with Crippen molar-refractivity contribution in [1.82, 2.24) is 10.2 Å². The highest BCUT2D eigenvalue weighted by atomic mass is 16.2. The Morgan fingerprint density at radius 1 is 1.47 bits per heavy atom. The number of aliphatic imine (C=N–C) groups is 1. The second-order valence-corrected chi connectivity index (χ2v) is 4.31. The molecule has 2 rings (SSSR count). The van der Waals surface area contributed by atoms with E-state index in [1.165, 1.54) is 0 Å². The summed E-state index contributed by atoms with van der Waals surface area (Å²) in [6.45, 7) is 4.62. The topological polar surface area (TPSA) is 61.8 Å². The molecule has 2 aliphatic rings. The van der Waals surface area contributed by atoms with Gasteiger partial charge in [-0.1, -0.05) is 0 Å². The monoisotopic (exact) mass is 209 g/mol. The minimum Gasteiger partial charge on any atom is -0.320 e. The summed E-state index contributed by atoms with van der Waals surface area (Å²) in [7, 11) is 0.